The molecule has 0 radical (unpaired) electrons. The number of hydrogen-bond acceptors (Lipinski definition) is 4. The second-order valence-corrected chi connectivity index (χ2v) is 14.8. The zero-order valence-electron chi connectivity index (χ0n) is 28.1. The summed E-state index contributed by atoms with van der Waals surface area (Å²) >= 11 is 11.4. The fourth-order valence-corrected chi connectivity index (χ4v) is 7.46. The molecule has 6 heteroatoms. The highest BCUT2D eigenvalue weighted by Crippen LogP contribution is 2.46. The molecule has 0 spiro atoms. The molecule has 44 heavy (non-hydrogen) atoms. The van der Waals surface area contributed by atoms with Gasteiger partial charge >= 0.3 is 0 Å². The van der Waals surface area contributed by atoms with Gasteiger partial charge in [0.25, 0.3) is 10.3 Å². The van der Waals surface area contributed by atoms with Gasteiger partial charge in [-0.3, -0.25) is 0 Å². The van der Waals surface area contributed by atoms with Crippen molar-refractivity contribution in [2.45, 2.75) is 137 Å². The topological polar surface area (TPSA) is 42.5 Å². The maximum absolute atomic E-state index is 6.25. The predicted molar refractivity (Wildman–Crippen MR) is 195 cm³/mol. The lowest BCUT2D eigenvalue weighted by atomic mass is 9.62. The number of para-hydroxylation sites is 2. The van der Waals surface area contributed by atoms with Gasteiger partial charge in [-0.1, -0.05) is 122 Å². The van der Waals surface area contributed by atoms with Crippen LogP contribution in [0, 0.1) is 10.8 Å². The monoisotopic (exact) mass is 638 g/mol. The first-order chi connectivity index (χ1) is 21.1. The van der Waals surface area contributed by atoms with E-state index in [2.05, 4.69) is 69.5 Å². The molecule has 0 heterocycles. The summed E-state index contributed by atoms with van der Waals surface area (Å²) in [6.07, 6.45) is 17.8. The van der Waals surface area contributed by atoms with E-state index in [0.717, 1.165) is 50.1 Å². The highest BCUT2D eigenvalue weighted by Gasteiger charge is 2.41. The predicted octanol–water partition coefficient (Wildman–Crippen LogP) is 10.5. The van der Waals surface area contributed by atoms with Crippen LogP contribution in [-0.4, -0.2) is 22.9 Å². The Labute approximate surface area is 279 Å². The molecule has 3 rings (SSSR count). The van der Waals surface area contributed by atoms with Crippen molar-refractivity contribution in [3.05, 3.63) is 59.7 Å². The van der Waals surface area contributed by atoms with Gasteiger partial charge < -0.3 is 20.1 Å². The van der Waals surface area contributed by atoms with Crippen LogP contribution in [0.3, 0.4) is 0 Å². The third kappa shape index (κ3) is 13.0. The Kier molecular flexibility index (Phi) is 15.4. The molecule has 1 saturated carbocycles. The summed E-state index contributed by atoms with van der Waals surface area (Å²) in [6, 6.07) is 16.9. The Bertz CT molecular complexity index is 1170. The fraction of sp³-hybridized carbons (Fsp3) is 0.632. The molecule has 0 aromatic heterocycles. The minimum Gasteiger partial charge on any atom is -0.432 e. The van der Waals surface area contributed by atoms with Gasteiger partial charge in [0.15, 0.2) is 0 Å². The van der Waals surface area contributed by atoms with Crippen LogP contribution >= 0.6 is 24.4 Å². The van der Waals surface area contributed by atoms with Crippen molar-refractivity contribution in [1.82, 2.24) is 10.6 Å². The highest BCUT2D eigenvalue weighted by atomic mass is 32.1. The number of hydrogen-bond donors (Lipinski definition) is 2. The average molecular weight is 639 g/mol. The van der Waals surface area contributed by atoms with E-state index in [9.17, 15) is 0 Å². The number of aryl methyl sites for hydroxylation is 2. The molecule has 2 aromatic carbocycles. The summed E-state index contributed by atoms with van der Waals surface area (Å²) in [5.74, 6) is 1.75. The Hall–Kier alpha value is -2.18. The molecular weight excluding hydrogens is 581 g/mol. The largest absolute Gasteiger partial charge is 0.432 e. The number of nitrogens with one attached hydrogen (secondary N) is 2. The second-order valence-electron chi connectivity index (χ2n) is 14.1. The number of ether oxygens (including phenoxy) is 2. The van der Waals surface area contributed by atoms with Gasteiger partial charge in [0, 0.05) is 12.6 Å². The molecule has 1 aliphatic rings. The van der Waals surface area contributed by atoms with Crippen LogP contribution in [0.5, 0.6) is 11.5 Å². The minimum atomic E-state index is 0.0254. The Morgan fingerprint density at radius 1 is 0.705 bits per heavy atom. The van der Waals surface area contributed by atoms with Crippen molar-refractivity contribution in [2.24, 2.45) is 10.8 Å². The maximum atomic E-state index is 6.25. The molecule has 1 aliphatic carbocycles. The minimum absolute atomic E-state index is 0.0254. The third-order valence-corrected chi connectivity index (χ3v) is 9.30. The quantitative estimate of drug-likeness (QED) is 0.133. The summed E-state index contributed by atoms with van der Waals surface area (Å²) in [5.41, 5.74) is 2.65. The van der Waals surface area contributed by atoms with Crippen LogP contribution in [0.1, 0.15) is 129 Å². The lowest BCUT2D eigenvalue weighted by molar-refractivity contribution is 0.0787. The van der Waals surface area contributed by atoms with E-state index >= 15 is 0 Å². The molecule has 2 unspecified atom stereocenters. The van der Waals surface area contributed by atoms with Gasteiger partial charge in [-0.25, -0.2) is 0 Å². The van der Waals surface area contributed by atoms with Crippen molar-refractivity contribution in [1.29, 1.82) is 0 Å². The first kappa shape index (κ1) is 36.3. The van der Waals surface area contributed by atoms with E-state index in [1.54, 1.807) is 0 Å². The second kappa shape index (κ2) is 18.7. The fourth-order valence-electron chi connectivity index (χ4n) is 7.05. The van der Waals surface area contributed by atoms with Crippen LogP contribution in [0.25, 0.3) is 0 Å². The zero-order valence-corrected chi connectivity index (χ0v) is 29.8. The van der Waals surface area contributed by atoms with Crippen LogP contribution in [0.15, 0.2) is 48.5 Å². The van der Waals surface area contributed by atoms with Crippen LogP contribution < -0.4 is 20.1 Å². The Balaban J connectivity index is 1.52. The smallest absolute Gasteiger partial charge is 0.262 e. The van der Waals surface area contributed by atoms with Crippen molar-refractivity contribution < 1.29 is 9.47 Å². The molecule has 2 atom stereocenters. The molecule has 0 amide bonds. The first-order valence-corrected chi connectivity index (χ1v) is 18.0. The van der Waals surface area contributed by atoms with Gasteiger partial charge in [0.2, 0.25) is 0 Å². The van der Waals surface area contributed by atoms with E-state index in [1.165, 1.54) is 75.3 Å². The molecule has 2 aromatic rings. The molecule has 0 aliphatic heterocycles. The van der Waals surface area contributed by atoms with E-state index in [0.29, 0.717) is 10.3 Å². The van der Waals surface area contributed by atoms with Crippen LogP contribution in [0.4, 0.5) is 0 Å². The number of rotatable bonds is 17. The highest BCUT2D eigenvalue weighted by molar-refractivity contribution is 7.80. The van der Waals surface area contributed by atoms with Crippen LogP contribution in [0.2, 0.25) is 0 Å². The van der Waals surface area contributed by atoms with Crippen molar-refractivity contribution >= 4 is 34.8 Å². The van der Waals surface area contributed by atoms with E-state index in [1.807, 2.05) is 24.3 Å². The summed E-state index contributed by atoms with van der Waals surface area (Å²) < 4.78 is 12.4. The van der Waals surface area contributed by atoms with Crippen molar-refractivity contribution in [3.63, 3.8) is 0 Å². The Morgan fingerprint density at radius 3 is 1.75 bits per heavy atom. The SMILES string of the molecule is CCCCCCCc1ccccc1OC(=S)NCC1(C)CC(NC(=S)Oc2ccccc2CCCCCCC)CC(C)(C)C1. The Morgan fingerprint density at radius 2 is 1.20 bits per heavy atom. The zero-order chi connectivity index (χ0) is 31.8. The van der Waals surface area contributed by atoms with Gasteiger partial charge in [-0.2, -0.15) is 0 Å². The molecule has 0 saturated heterocycles. The number of unbranched alkanes of at least 4 members (excludes halogenated alkanes) is 8. The van der Waals surface area contributed by atoms with Crippen LogP contribution in [-0.2, 0) is 12.8 Å². The van der Waals surface area contributed by atoms with Gasteiger partial charge in [-0.05, 0) is 103 Å². The summed E-state index contributed by atoms with van der Waals surface area (Å²) in [4.78, 5) is 0. The van der Waals surface area contributed by atoms with Crippen molar-refractivity contribution in [2.75, 3.05) is 6.54 Å². The van der Waals surface area contributed by atoms with Gasteiger partial charge in [0.1, 0.15) is 11.5 Å². The summed E-state index contributed by atoms with van der Waals surface area (Å²) in [5, 5.41) is 7.95. The molecule has 1 fully saturated rings. The van der Waals surface area contributed by atoms with Crippen molar-refractivity contribution in [3.8, 4) is 11.5 Å². The van der Waals surface area contributed by atoms with E-state index in [-0.39, 0.29) is 16.9 Å². The molecule has 244 valence electrons. The third-order valence-electron chi connectivity index (χ3n) is 8.87. The molecular formula is C38H58N2O2S2. The van der Waals surface area contributed by atoms with Gasteiger partial charge in [0.05, 0.1) is 0 Å². The standard InChI is InChI=1S/C38H58N2O2S2/c1-6-8-10-12-14-20-30-22-16-18-24-33(30)41-35(43)39-29-38(5)27-32(26-37(3,4)28-38)40-36(44)42-34-25-19-17-23-31(34)21-15-13-11-9-7-2/h16-19,22-25,32H,6-15,20-21,26-29H2,1-5H3,(H,39,43)(H,40,44). The van der Waals surface area contributed by atoms with E-state index in [4.69, 9.17) is 33.9 Å². The first-order valence-electron chi connectivity index (χ1n) is 17.2. The van der Waals surface area contributed by atoms with Gasteiger partial charge in [-0.15, -0.1) is 0 Å². The molecule has 2 N–H and O–H groups in total. The van der Waals surface area contributed by atoms with E-state index < -0.39 is 0 Å². The lowest BCUT2D eigenvalue weighted by Gasteiger charge is -2.47. The molecule has 0 bridgehead atoms. The normalized spacial score (nSPS) is 19.2. The maximum Gasteiger partial charge on any atom is 0.262 e. The lowest BCUT2D eigenvalue weighted by Crippen LogP contribution is -2.51. The number of thiocarbonyl (C=S) groups is 2. The summed E-state index contributed by atoms with van der Waals surface area (Å²) in [6.45, 7) is 12.3. The molecule has 4 nitrogen and oxygen atoms in total. The average Bonchev–Trinajstić information content (AvgIpc) is 2.96. The number of benzene rings is 2. The summed E-state index contributed by atoms with van der Waals surface area (Å²) in [7, 11) is 0.